The molecule has 0 aromatic carbocycles. The number of ether oxygens (including phenoxy) is 1. The zero-order valence-corrected chi connectivity index (χ0v) is 14.1. The van der Waals surface area contributed by atoms with Crippen molar-refractivity contribution in [2.45, 2.75) is 39.0 Å². The van der Waals surface area contributed by atoms with Crippen LogP contribution in [0.2, 0.25) is 0 Å². The second kappa shape index (κ2) is 8.61. The van der Waals surface area contributed by atoms with Gasteiger partial charge in [0.1, 0.15) is 0 Å². The van der Waals surface area contributed by atoms with Gasteiger partial charge in [-0.1, -0.05) is 0 Å². The zero-order valence-electron chi connectivity index (χ0n) is 9.11. The Balaban J connectivity index is 3.78. The second-order valence-electron chi connectivity index (χ2n) is 3.58. The van der Waals surface area contributed by atoms with E-state index in [1.165, 1.54) is 0 Å². The molecule has 1 nitrogen and oxygen atoms in total. The molecule has 0 saturated carbocycles. The summed E-state index contributed by atoms with van der Waals surface area (Å²) < 4.78 is 6.99. The van der Waals surface area contributed by atoms with Crippen LogP contribution in [0.1, 0.15) is 27.7 Å². The van der Waals surface area contributed by atoms with Crippen molar-refractivity contribution < 1.29 is 18.5 Å². The summed E-state index contributed by atoms with van der Waals surface area (Å²) in [5.41, 5.74) is 1.55. The van der Waals surface area contributed by atoms with Crippen LogP contribution in [-0.2, 0) is 18.5 Å². The van der Waals surface area contributed by atoms with E-state index < -0.39 is 13.8 Å². The molecule has 0 radical (unpaired) electrons. The molecule has 0 spiro atoms. The van der Waals surface area contributed by atoms with Crippen LogP contribution in [0.25, 0.3) is 0 Å². The Bertz CT molecular complexity index is 174. The van der Waals surface area contributed by atoms with E-state index in [0.717, 1.165) is 24.1 Å². The summed E-state index contributed by atoms with van der Waals surface area (Å²) in [6.45, 7) is 9.94. The van der Waals surface area contributed by atoms with Gasteiger partial charge in [-0.05, 0) is 0 Å². The minimum absolute atomic E-state index is 0.0788. The predicted octanol–water partition coefficient (Wildman–Crippen LogP) is 3.99. The fraction of sp³-hybridized carbons (Fsp3) is 0.889. The normalized spacial score (nSPS) is 12.8. The molecule has 0 heterocycles. The summed E-state index contributed by atoms with van der Waals surface area (Å²) in [5.74, 6) is 0. The molecule has 0 N–H and O–H groups in total. The molecule has 0 amide bonds. The first-order valence-electron chi connectivity index (χ1n) is 4.64. The van der Waals surface area contributed by atoms with Crippen molar-refractivity contribution in [3.05, 3.63) is 0 Å². The summed E-state index contributed by atoms with van der Waals surface area (Å²) in [4.78, 5) is 0. The van der Waals surface area contributed by atoms with Gasteiger partial charge in [0, 0.05) is 0 Å². The van der Waals surface area contributed by atoms with Crippen LogP contribution in [-0.4, -0.2) is 28.8 Å². The first kappa shape index (κ1) is 15.5. The summed E-state index contributed by atoms with van der Waals surface area (Å²) >= 11 is -1.99. The maximum absolute atomic E-state index is 5.68. The Morgan fingerprint density at radius 1 is 1.21 bits per heavy atom. The molecule has 0 fully saturated rings. The van der Waals surface area contributed by atoms with Crippen LogP contribution in [0, 0.1) is 0 Å². The first-order chi connectivity index (χ1) is 6.45. The molecule has 0 aromatic rings. The van der Waals surface area contributed by atoms with Crippen molar-refractivity contribution in [3.8, 4) is 0 Å². The second-order valence-corrected chi connectivity index (χ2v) is 15.0. The Morgan fingerprint density at radius 3 is 2.07 bits per heavy atom. The first-order valence-corrected chi connectivity index (χ1v) is 14.1. The average molecular weight is 435 g/mol. The number of halogens is 2. The van der Waals surface area contributed by atoms with Gasteiger partial charge in [-0.25, -0.2) is 0 Å². The summed E-state index contributed by atoms with van der Waals surface area (Å²) in [5, 5.41) is 0. The van der Waals surface area contributed by atoms with Crippen molar-refractivity contribution in [1.82, 2.24) is 0 Å². The summed E-state index contributed by atoms with van der Waals surface area (Å²) in [7, 11) is 11.4. The standard InChI is InChI=1S/C9H19OP.2ClH.Os/c1-8(2)11(9(3)4)7-6-10-5;;;/h5,8-9H,6-7H2,1-4H3;2*1H;/q;;;+2/p-2. The minimum atomic E-state index is -1.99. The Morgan fingerprint density at radius 2 is 1.71 bits per heavy atom. The van der Waals surface area contributed by atoms with E-state index in [1.807, 2.05) is 0 Å². The molecular weight excluding hydrogens is 416 g/mol. The van der Waals surface area contributed by atoms with Crippen LogP contribution < -0.4 is 0 Å². The SMILES string of the molecule is CC(C)P(CCO[CH]=[Os]([Cl])[Cl])C(C)C. The fourth-order valence-corrected chi connectivity index (χ4v) is 5.25. The van der Waals surface area contributed by atoms with Gasteiger partial charge < -0.3 is 0 Å². The van der Waals surface area contributed by atoms with Crippen LogP contribution in [0.3, 0.4) is 0 Å². The van der Waals surface area contributed by atoms with E-state index in [1.54, 1.807) is 4.75 Å². The van der Waals surface area contributed by atoms with Crippen LogP contribution >= 0.6 is 27.2 Å². The molecule has 0 aliphatic carbocycles. The average Bonchev–Trinajstić information content (AvgIpc) is 2.01. The van der Waals surface area contributed by atoms with Gasteiger partial charge in [0.15, 0.2) is 0 Å². The predicted molar refractivity (Wildman–Crippen MR) is 65.8 cm³/mol. The molecule has 0 atom stereocenters. The van der Waals surface area contributed by atoms with Crippen molar-refractivity contribution in [2.24, 2.45) is 0 Å². The topological polar surface area (TPSA) is 9.23 Å². The van der Waals surface area contributed by atoms with Crippen LogP contribution in [0.5, 0.6) is 0 Å². The molecule has 0 bridgehead atoms. The third-order valence-electron chi connectivity index (χ3n) is 1.92. The van der Waals surface area contributed by atoms with E-state index in [9.17, 15) is 0 Å². The molecule has 14 heavy (non-hydrogen) atoms. The van der Waals surface area contributed by atoms with E-state index in [-0.39, 0.29) is 7.92 Å². The Hall–Kier alpha value is 1.48. The molecular formula is C9H19Cl2OOsP. The van der Waals surface area contributed by atoms with Gasteiger partial charge >= 0.3 is 102 Å². The van der Waals surface area contributed by atoms with Gasteiger partial charge in [-0.15, -0.1) is 0 Å². The van der Waals surface area contributed by atoms with Gasteiger partial charge in [0.05, 0.1) is 0 Å². The summed E-state index contributed by atoms with van der Waals surface area (Å²) in [6.07, 6.45) is 1.15. The Labute approximate surface area is 102 Å². The monoisotopic (exact) mass is 436 g/mol. The third-order valence-corrected chi connectivity index (χ3v) is 7.18. The fourth-order valence-electron chi connectivity index (χ4n) is 1.36. The number of hydrogen-bond donors (Lipinski definition) is 0. The number of rotatable bonds is 6. The van der Waals surface area contributed by atoms with E-state index in [2.05, 4.69) is 27.7 Å². The maximum atomic E-state index is 5.68. The molecule has 0 aliphatic heterocycles. The summed E-state index contributed by atoms with van der Waals surface area (Å²) in [6, 6.07) is 0. The quantitative estimate of drug-likeness (QED) is 0.453. The van der Waals surface area contributed by atoms with Gasteiger partial charge in [-0.3, -0.25) is 0 Å². The molecule has 0 saturated heterocycles. The molecule has 0 aromatic heterocycles. The molecule has 88 valence electrons. The van der Waals surface area contributed by atoms with Gasteiger partial charge in [0.25, 0.3) is 0 Å². The molecule has 5 heteroatoms. The van der Waals surface area contributed by atoms with Crippen LogP contribution in [0.4, 0.5) is 0 Å². The van der Waals surface area contributed by atoms with Crippen molar-refractivity contribution in [1.29, 1.82) is 0 Å². The third kappa shape index (κ3) is 7.73. The molecule has 0 unspecified atom stereocenters. The number of hydrogen-bond acceptors (Lipinski definition) is 1. The van der Waals surface area contributed by atoms with E-state index in [0.29, 0.717) is 0 Å². The van der Waals surface area contributed by atoms with E-state index >= 15 is 0 Å². The van der Waals surface area contributed by atoms with E-state index in [4.69, 9.17) is 24.0 Å². The van der Waals surface area contributed by atoms with Crippen molar-refractivity contribution in [3.63, 3.8) is 0 Å². The van der Waals surface area contributed by atoms with Crippen molar-refractivity contribution >= 4 is 32.0 Å². The molecule has 0 rings (SSSR count). The van der Waals surface area contributed by atoms with Gasteiger partial charge in [0.2, 0.25) is 0 Å². The van der Waals surface area contributed by atoms with Gasteiger partial charge in [-0.2, -0.15) is 0 Å². The molecule has 0 aliphatic rings. The zero-order chi connectivity index (χ0) is 11.1. The van der Waals surface area contributed by atoms with Crippen molar-refractivity contribution in [2.75, 3.05) is 12.8 Å². The van der Waals surface area contributed by atoms with Crippen LogP contribution in [0.15, 0.2) is 0 Å². The Kier molecular flexibility index (Phi) is 9.52.